The topological polar surface area (TPSA) is 29.5 Å². The van der Waals surface area contributed by atoms with Crippen LogP contribution in [-0.2, 0) is 4.79 Å². The quantitative estimate of drug-likeness (QED) is 0.778. The number of alkyl halides is 4. The largest absolute Gasteiger partial charge is 0.482 e. The average Bonchev–Trinajstić information content (AvgIpc) is 2.77. The molecule has 20 heavy (non-hydrogen) atoms. The first-order chi connectivity index (χ1) is 9.40. The van der Waals surface area contributed by atoms with E-state index in [1.165, 1.54) is 11.0 Å². The van der Waals surface area contributed by atoms with Crippen molar-refractivity contribution in [1.29, 1.82) is 0 Å². The van der Waals surface area contributed by atoms with Crippen LogP contribution in [0, 0.1) is 5.92 Å². The molecule has 1 aliphatic heterocycles. The van der Waals surface area contributed by atoms with Gasteiger partial charge < -0.3 is 9.64 Å². The highest BCUT2D eigenvalue weighted by atomic mass is 79.9. The average molecular weight is 352 g/mol. The molecule has 1 heterocycles. The van der Waals surface area contributed by atoms with Crippen molar-refractivity contribution in [3.05, 3.63) is 24.3 Å². The second-order valence-corrected chi connectivity index (χ2v) is 5.25. The monoisotopic (exact) mass is 351 g/mol. The number of amides is 1. The van der Waals surface area contributed by atoms with Crippen LogP contribution in [0.2, 0.25) is 0 Å². The molecule has 1 fully saturated rings. The summed E-state index contributed by atoms with van der Waals surface area (Å²) in [5.74, 6) is 0.143. The van der Waals surface area contributed by atoms with Crippen LogP contribution in [0.1, 0.15) is 6.42 Å². The minimum Gasteiger partial charge on any atom is -0.482 e. The fourth-order valence-electron chi connectivity index (χ4n) is 2.08. The molecule has 1 aromatic rings. The van der Waals surface area contributed by atoms with Gasteiger partial charge >= 0.3 is 6.18 Å². The van der Waals surface area contributed by atoms with Crippen molar-refractivity contribution < 1.29 is 22.7 Å². The number of benzene rings is 1. The summed E-state index contributed by atoms with van der Waals surface area (Å²) in [4.78, 5) is 13.4. The summed E-state index contributed by atoms with van der Waals surface area (Å²) < 4.78 is 41.5. The molecule has 0 aliphatic carbocycles. The summed E-state index contributed by atoms with van der Waals surface area (Å²) in [6, 6.07) is 6.29. The Morgan fingerprint density at radius 3 is 2.65 bits per heavy atom. The highest BCUT2D eigenvalue weighted by molar-refractivity contribution is 9.09. The van der Waals surface area contributed by atoms with E-state index in [0.717, 1.165) is 0 Å². The molecule has 0 saturated carbocycles. The predicted octanol–water partition coefficient (Wildman–Crippen LogP) is 3.38. The number of hydrogen-bond acceptors (Lipinski definition) is 2. The molecule has 0 radical (unpaired) electrons. The lowest BCUT2D eigenvalue weighted by Crippen LogP contribution is -2.26. The van der Waals surface area contributed by atoms with Gasteiger partial charge in [-0.1, -0.05) is 28.1 Å². The van der Waals surface area contributed by atoms with Crippen LogP contribution in [0.3, 0.4) is 0 Å². The van der Waals surface area contributed by atoms with E-state index in [2.05, 4.69) is 15.9 Å². The summed E-state index contributed by atoms with van der Waals surface area (Å²) in [7, 11) is 0. The van der Waals surface area contributed by atoms with Crippen molar-refractivity contribution in [3.63, 3.8) is 0 Å². The first kappa shape index (κ1) is 15.2. The summed E-state index contributed by atoms with van der Waals surface area (Å²) in [5.41, 5.74) is 0.394. The van der Waals surface area contributed by atoms with Crippen molar-refractivity contribution in [2.24, 2.45) is 5.92 Å². The van der Waals surface area contributed by atoms with Gasteiger partial charge in [0.25, 0.3) is 0 Å². The standard InChI is InChI=1S/C13H13BrF3NO2/c14-6-9-5-12(19)18(7-9)10-3-1-2-4-11(10)20-8-13(15,16)17/h1-4,9H,5-8H2. The molecule has 1 amide bonds. The number of carbonyl (C=O) groups is 1. The Morgan fingerprint density at radius 1 is 1.35 bits per heavy atom. The lowest BCUT2D eigenvalue weighted by atomic mass is 10.2. The maximum absolute atomic E-state index is 12.2. The highest BCUT2D eigenvalue weighted by Crippen LogP contribution is 2.34. The number of anilines is 1. The summed E-state index contributed by atoms with van der Waals surface area (Å²) in [6.45, 7) is -0.885. The zero-order valence-corrected chi connectivity index (χ0v) is 12.1. The smallest absolute Gasteiger partial charge is 0.422 e. The van der Waals surface area contributed by atoms with Crippen LogP contribution in [0.4, 0.5) is 18.9 Å². The number of nitrogens with zero attached hydrogens (tertiary/aromatic N) is 1. The molecule has 1 saturated heterocycles. The lowest BCUT2D eigenvalue weighted by molar-refractivity contribution is -0.153. The first-order valence-corrected chi connectivity index (χ1v) is 7.18. The Hall–Kier alpha value is -1.24. The zero-order chi connectivity index (χ0) is 14.8. The van der Waals surface area contributed by atoms with Gasteiger partial charge in [0.1, 0.15) is 5.75 Å². The molecule has 1 aliphatic rings. The fraction of sp³-hybridized carbons (Fsp3) is 0.462. The third kappa shape index (κ3) is 3.65. The molecule has 0 N–H and O–H groups in total. The molecular formula is C13H13BrF3NO2. The predicted molar refractivity (Wildman–Crippen MR) is 72.2 cm³/mol. The Morgan fingerprint density at radius 2 is 2.05 bits per heavy atom. The normalized spacial score (nSPS) is 19.5. The molecule has 1 unspecified atom stereocenters. The second-order valence-electron chi connectivity index (χ2n) is 4.60. The summed E-state index contributed by atoms with van der Waals surface area (Å²) >= 11 is 3.32. The maximum Gasteiger partial charge on any atom is 0.422 e. The van der Waals surface area contributed by atoms with E-state index in [1.54, 1.807) is 18.2 Å². The van der Waals surface area contributed by atoms with Crippen molar-refractivity contribution in [3.8, 4) is 5.75 Å². The molecule has 1 atom stereocenters. The third-order valence-electron chi connectivity index (χ3n) is 2.97. The van der Waals surface area contributed by atoms with E-state index in [9.17, 15) is 18.0 Å². The van der Waals surface area contributed by atoms with Crippen molar-refractivity contribution in [1.82, 2.24) is 0 Å². The molecule has 0 bridgehead atoms. The summed E-state index contributed by atoms with van der Waals surface area (Å²) in [5, 5.41) is 0.681. The van der Waals surface area contributed by atoms with E-state index < -0.39 is 12.8 Å². The van der Waals surface area contributed by atoms with Crippen LogP contribution < -0.4 is 9.64 Å². The Balaban J connectivity index is 2.18. The van der Waals surface area contributed by atoms with Gasteiger partial charge in [-0.15, -0.1) is 0 Å². The first-order valence-electron chi connectivity index (χ1n) is 6.05. The van der Waals surface area contributed by atoms with E-state index in [-0.39, 0.29) is 17.6 Å². The number of rotatable bonds is 4. The van der Waals surface area contributed by atoms with Gasteiger partial charge in [-0.25, -0.2) is 0 Å². The van der Waals surface area contributed by atoms with Gasteiger partial charge in [-0.2, -0.15) is 13.2 Å². The lowest BCUT2D eigenvalue weighted by Gasteiger charge is -2.20. The number of hydrogen-bond donors (Lipinski definition) is 0. The van der Waals surface area contributed by atoms with Gasteiger partial charge in [-0.05, 0) is 18.1 Å². The molecule has 2 rings (SSSR count). The van der Waals surface area contributed by atoms with Crippen LogP contribution in [0.5, 0.6) is 5.75 Å². The molecule has 0 aromatic heterocycles. The third-order valence-corrected chi connectivity index (χ3v) is 3.89. The number of para-hydroxylation sites is 2. The Kier molecular flexibility index (Phi) is 4.57. The Bertz CT molecular complexity index is 493. The van der Waals surface area contributed by atoms with Crippen LogP contribution in [-0.4, -0.2) is 30.6 Å². The second kappa shape index (κ2) is 6.03. The maximum atomic E-state index is 12.2. The van der Waals surface area contributed by atoms with Gasteiger partial charge in [0, 0.05) is 18.3 Å². The molecule has 110 valence electrons. The van der Waals surface area contributed by atoms with E-state index in [4.69, 9.17) is 4.74 Å². The van der Waals surface area contributed by atoms with Gasteiger partial charge in [0.15, 0.2) is 6.61 Å². The number of ether oxygens (including phenoxy) is 1. The van der Waals surface area contributed by atoms with Crippen molar-refractivity contribution >= 4 is 27.5 Å². The Labute approximate surface area is 122 Å². The summed E-state index contributed by atoms with van der Waals surface area (Å²) in [6.07, 6.45) is -4.01. The minimum atomic E-state index is -4.40. The molecule has 7 heteroatoms. The fourth-order valence-corrected chi connectivity index (χ4v) is 2.51. The zero-order valence-electron chi connectivity index (χ0n) is 10.5. The van der Waals surface area contributed by atoms with Gasteiger partial charge in [0.05, 0.1) is 5.69 Å². The van der Waals surface area contributed by atoms with Crippen molar-refractivity contribution in [2.45, 2.75) is 12.6 Å². The van der Waals surface area contributed by atoms with E-state index in [0.29, 0.717) is 24.0 Å². The number of halogens is 4. The van der Waals surface area contributed by atoms with Gasteiger partial charge in [0.2, 0.25) is 5.91 Å². The van der Waals surface area contributed by atoms with Crippen molar-refractivity contribution in [2.75, 3.05) is 23.4 Å². The SMILES string of the molecule is O=C1CC(CBr)CN1c1ccccc1OCC(F)(F)F. The van der Waals surface area contributed by atoms with E-state index >= 15 is 0 Å². The van der Waals surface area contributed by atoms with Crippen LogP contribution in [0.25, 0.3) is 0 Å². The number of carbonyl (C=O) groups excluding carboxylic acids is 1. The highest BCUT2D eigenvalue weighted by Gasteiger charge is 2.33. The van der Waals surface area contributed by atoms with Crippen LogP contribution in [0.15, 0.2) is 24.3 Å². The molecule has 3 nitrogen and oxygen atoms in total. The molecule has 1 aromatic carbocycles. The minimum absolute atomic E-state index is 0.0772. The van der Waals surface area contributed by atoms with E-state index in [1.807, 2.05) is 0 Å². The van der Waals surface area contributed by atoms with Gasteiger partial charge in [-0.3, -0.25) is 4.79 Å². The molecular weight excluding hydrogens is 339 g/mol. The molecule has 0 spiro atoms. The van der Waals surface area contributed by atoms with Crippen LogP contribution >= 0.6 is 15.9 Å².